The molecule has 1 aromatic carbocycles. The zero-order chi connectivity index (χ0) is 13.2. The van der Waals surface area contributed by atoms with Gasteiger partial charge in [0.2, 0.25) is 0 Å². The Bertz CT molecular complexity index is 519. The standard InChI is InChI=1S/C14H15ClN2O2/c15-11-3-1-10(2-4-11)13-12(9-16-14(13)18)17-5-7-19-8-6-17/h1-4H,5-9H2,(H,16,18). The molecule has 1 fully saturated rings. The monoisotopic (exact) mass is 278 g/mol. The first-order valence-electron chi connectivity index (χ1n) is 6.35. The van der Waals surface area contributed by atoms with Crippen molar-refractivity contribution in [1.29, 1.82) is 0 Å². The summed E-state index contributed by atoms with van der Waals surface area (Å²) < 4.78 is 5.36. The van der Waals surface area contributed by atoms with Gasteiger partial charge in [-0.3, -0.25) is 4.79 Å². The molecule has 2 heterocycles. The lowest BCUT2D eigenvalue weighted by Crippen LogP contribution is -2.37. The van der Waals surface area contributed by atoms with Crippen molar-refractivity contribution in [3.8, 4) is 0 Å². The highest BCUT2D eigenvalue weighted by Gasteiger charge is 2.28. The maximum atomic E-state index is 12.1. The molecule has 1 N–H and O–H groups in total. The molecule has 19 heavy (non-hydrogen) atoms. The van der Waals surface area contributed by atoms with Gasteiger partial charge in [0.15, 0.2) is 0 Å². The van der Waals surface area contributed by atoms with Crippen LogP contribution in [0.4, 0.5) is 0 Å². The molecule has 5 heteroatoms. The van der Waals surface area contributed by atoms with Gasteiger partial charge in [-0.15, -0.1) is 0 Å². The average molecular weight is 279 g/mol. The van der Waals surface area contributed by atoms with Crippen molar-refractivity contribution in [2.24, 2.45) is 0 Å². The topological polar surface area (TPSA) is 41.6 Å². The van der Waals surface area contributed by atoms with Crippen LogP contribution in [0.2, 0.25) is 5.02 Å². The number of rotatable bonds is 2. The molecule has 1 amide bonds. The zero-order valence-electron chi connectivity index (χ0n) is 10.5. The van der Waals surface area contributed by atoms with Crippen molar-refractivity contribution in [2.75, 3.05) is 32.8 Å². The third-order valence-electron chi connectivity index (χ3n) is 3.46. The number of ether oxygens (including phenoxy) is 1. The second-order valence-corrected chi connectivity index (χ2v) is 5.05. The molecule has 0 atom stereocenters. The predicted octanol–water partition coefficient (Wildman–Crippen LogP) is 1.51. The number of amides is 1. The summed E-state index contributed by atoms with van der Waals surface area (Å²) in [5, 5.41) is 3.58. The Balaban J connectivity index is 1.97. The van der Waals surface area contributed by atoms with E-state index in [1.807, 2.05) is 24.3 Å². The molecule has 4 nitrogen and oxygen atoms in total. The predicted molar refractivity (Wildman–Crippen MR) is 73.8 cm³/mol. The van der Waals surface area contributed by atoms with Crippen molar-refractivity contribution in [3.05, 3.63) is 40.5 Å². The largest absolute Gasteiger partial charge is 0.378 e. The van der Waals surface area contributed by atoms with Crippen LogP contribution < -0.4 is 5.32 Å². The number of carbonyl (C=O) groups is 1. The van der Waals surface area contributed by atoms with Gasteiger partial charge in [0, 0.05) is 23.8 Å². The van der Waals surface area contributed by atoms with Crippen LogP contribution in [-0.4, -0.2) is 43.7 Å². The molecule has 0 saturated carbocycles. The molecule has 3 rings (SSSR count). The summed E-state index contributed by atoms with van der Waals surface area (Å²) in [6.45, 7) is 3.69. The summed E-state index contributed by atoms with van der Waals surface area (Å²) in [7, 11) is 0. The van der Waals surface area contributed by atoms with Crippen LogP contribution in [0.15, 0.2) is 30.0 Å². The lowest BCUT2D eigenvalue weighted by Gasteiger charge is -2.30. The molecule has 2 aliphatic rings. The van der Waals surface area contributed by atoms with E-state index in [2.05, 4.69) is 10.2 Å². The van der Waals surface area contributed by atoms with Crippen molar-refractivity contribution >= 4 is 23.1 Å². The van der Waals surface area contributed by atoms with E-state index in [1.54, 1.807) is 0 Å². The number of morpholine rings is 1. The van der Waals surface area contributed by atoms with E-state index in [-0.39, 0.29) is 5.91 Å². The zero-order valence-corrected chi connectivity index (χ0v) is 11.2. The summed E-state index contributed by atoms with van der Waals surface area (Å²) in [4.78, 5) is 14.3. The van der Waals surface area contributed by atoms with E-state index in [9.17, 15) is 4.79 Å². The smallest absolute Gasteiger partial charge is 0.254 e. The minimum absolute atomic E-state index is 0.0104. The molecule has 1 aromatic rings. The SMILES string of the molecule is O=C1NCC(N2CCOCC2)=C1c1ccc(Cl)cc1. The normalized spacial score (nSPS) is 19.8. The highest BCUT2D eigenvalue weighted by molar-refractivity contribution is 6.30. The fourth-order valence-electron chi connectivity index (χ4n) is 2.49. The minimum atomic E-state index is -0.0104. The third kappa shape index (κ3) is 2.46. The molecule has 2 aliphatic heterocycles. The molecular formula is C14H15ClN2O2. The van der Waals surface area contributed by atoms with Crippen LogP contribution >= 0.6 is 11.6 Å². The quantitative estimate of drug-likeness (QED) is 0.892. The van der Waals surface area contributed by atoms with Crippen LogP contribution in [0, 0.1) is 0 Å². The Labute approximate surface area is 117 Å². The average Bonchev–Trinajstić information content (AvgIpc) is 2.83. The Kier molecular flexibility index (Phi) is 3.44. The van der Waals surface area contributed by atoms with E-state index in [4.69, 9.17) is 16.3 Å². The molecule has 0 radical (unpaired) electrons. The fourth-order valence-corrected chi connectivity index (χ4v) is 2.62. The summed E-state index contributed by atoms with van der Waals surface area (Å²) in [6, 6.07) is 7.41. The molecule has 0 bridgehead atoms. The minimum Gasteiger partial charge on any atom is -0.378 e. The third-order valence-corrected chi connectivity index (χ3v) is 3.71. The van der Waals surface area contributed by atoms with Gasteiger partial charge in [-0.2, -0.15) is 0 Å². The molecular weight excluding hydrogens is 264 g/mol. The van der Waals surface area contributed by atoms with Crippen molar-refractivity contribution in [3.63, 3.8) is 0 Å². The van der Waals surface area contributed by atoms with Gasteiger partial charge in [-0.05, 0) is 17.7 Å². The molecule has 0 aromatic heterocycles. The number of benzene rings is 1. The number of hydrogen-bond donors (Lipinski definition) is 1. The fraction of sp³-hybridized carbons (Fsp3) is 0.357. The highest BCUT2D eigenvalue weighted by atomic mass is 35.5. The Hall–Kier alpha value is -1.52. The first-order valence-corrected chi connectivity index (χ1v) is 6.73. The van der Waals surface area contributed by atoms with Crippen molar-refractivity contribution in [2.45, 2.75) is 0 Å². The Morgan fingerprint density at radius 2 is 1.84 bits per heavy atom. The summed E-state index contributed by atoms with van der Waals surface area (Å²) in [6.07, 6.45) is 0. The van der Waals surface area contributed by atoms with Crippen LogP contribution in [0.1, 0.15) is 5.56 Å². The van der Waals surface area contributed by atoms with E-state index < -0.39 is 0 Å². The van der Waals surface area contributed by atoms with E-state index in [1.165, 1.54) is 0 Å². The van der Waals surface area contributed by atoms with Gasteiger partial charge in [-0.1, -0.05) is 23.7 Å². The van der Waals surface area contributed by atoms with Gasteiger partial charge in [-0.25, -0.2) is 0 Å². The van der Waals surface area contributed by atoms with E-state index >= 15 is 0 Å². The summed E-state index contributed by atoms with van der Waals surface area (Å²) in [5.74, 6) is -0.0104. The number of carbonyl (C=O) groups excluding carboxylic acids is 1. The van der Waals surface area contributed by atoms with Gasteiger partial charge in [0.25, 0.3) is 5.91 Å². The van der Waals surface area contributed by atoms with E-state index in [0.717, 1.165) is 29.9 Å². The molecule has 0 spiro atoms. The molecule has 0 aliphatic carbocycles. The lowest BCUT2D eigenvalue weighted by molar-refractivity contribution is -0.114. The summed E-state index contributed by atoms with van der Waals surface area (Å²) in [5.41, 5.74) is 2.75. The van der Waals surface area contributed by atoms with Crippen molar-refractivity contribution < 1.29 is 9.53 Å². The number of halogens is 1. The van der Waals surface area contributed by atoms with Crippen molar-refractivity contribution in [1.82, 2.24) is 10.2 Å². The first-order chi connectivity index (χ1) is 9.25. The lowest BCUT2D eigenvalue weighted by atomic mass is 10.0. The second-order valence-electron chi connectivity index (χ2n) is 4.61. The van der Waals surface area contributed by atoms with Crippen LogP contribution in [0.5, 0.6) is 0 Å². The highest BCUT2D eigenvalue weighted by Crippen LogP contribution is 2.27. The summed E-state index contributed by atoms with van der Waals surface area (Å²) >= 11 is 5.90. The molecule has 100 valence electrons. The van der Waals surface area contributed by atoms with Gasteiger partial charge in [0.1, 0.15) is 0 Å². The Morgan fingerprint density at radius 1 is 1.16 bits per heavy atom. The number of hydrogen-bond acceptors (Lipinski definition) is 3. The van der Waals surface area contributed by atoms with E-state index in [0.29, 0.717) is 24.8 Å². The van der Waals surface area contributed by atoms with Crippen LogP contribution in [0.3, 0.4) is 0 Å². The first kappa shape index (κ1) is 12.5. The van der Waals surface area contributed by atoms with Gasteiger partial charge in [0.05, 0.1) is 25.3 Å². The van der Waals surface area contributed by atoms with Gasteiger partial charge >= 0.3 is 0 Å². The maximum absolute atomic E-state index is 12.1. The molecule has 1 saturated heterocycles. The van der Waals surface area contributed by atoms with Gasteiger partial charge < -0.3 is 15.0 Å². The molecule has 0 unspecified atom stereocenters. The number of nitrogens with one attached hydrogen (secondary N) is 1. The maximum Gasteiger partial charge on any atom is 0.254 e. The Morgan fingerprint density at radius 3 is 2.53 bits per heavy atom. The second kappa shape index (κ2) is 5.23. The van der Waals surface area contributed by atoms with Crippen LogP contribution in [0.25, 0.3) is 5.57 Å². The number of nitrogens with zero attached hydrogens (tertiary/aromatic N) is 1. The van der Waals surface area contributed by atoms with Crippen LogP contribution in [-0.2, 0) is 9.53 Å².